The molecule has 0 spiro atoms. The molecule has 1 atom stereocenters. The number of esters is 1. The highest BCUT2D eigenvalue weighted by Gasteiger charge is 2.25. The Morgan fingerprint density at radius 3 is 1.17 bits per heavy atom. The highest BCUT2D eigenvalue weighted by atomic mass is 16.5. The van der Waals surface area contributed by atoms with E-state index in [1.807, 2.05) is 0 Å². The lowest BCUT2D eigenvalue weighted by Gasteiger charge is -2.29. The van der Waals surface area contributed by atoms with Crippen LogP contribution in [-0.2, 0) is 9.53 Å². The fraction of sp³-hybridized carbons (Fsp3) is 0.970. The summed E-state index contributed by atoms with van der Waals surface area (Å²) >= 11 is 0. The molecule has 210 valence electrons. The molecular weight excluding hydrogens is 428 g/mol. The molecule has 0 bridgehead atoms. The summed E-state index contributed by atoms with van der Waals surface area (Å²) in [6.07, 6.45) is 33.7. The number of unbranched alkanes of at least 4 members (excludes halogenated alkanes) is 20. The van der Waals surface area contributed by atoms with Gasteiger partial charge in [-0.2, -0.15) is 0 Å². The molecule has 0 saturated heterocycles. The third-order valence-electron chi connectivity index (χ3n) is 7.83. The van der Waals surface area contributed by atoms with Gasteiger partial charge in [0.2, 0.25) is 0 Å². The highest BCUT2D eigenvalue weighted by molar-refractivity contribution is 5.69. The van der Waals surface area contributed by atoms with E-state index in [0.717, 1.165) is 12.8 Å². The van der Waals surface area contributed by atoms with Crippen LogP contribution < -0.4 is 0 Å². The van der Waals surface area contributed by atoms with Crippen LogP contribution in [0.4, 0.5) is 0 Å². The molecule has 0 fully saturated rings. The second-order valence-corrected chi connectivity index (χ2v) is 11.8. The Hall–Kier alpha value is -0.530. The van der Waals surface area contributed by atoms with Gasteiger partial charge in [-0.05, 0) is 19.3 Å². The van der Waals surface area contributed by atoms with Crippen molar-refractivity contribution in [3.8, 4) is 0 Å². The molecule has 0 heterocycles. The van der Waals surface area contributed by atoms with Crippen molar-refractivity contribution >= 4 is 5.97 Å². The van der Waals surface area contributed by atoms with Gasteiger partial charge in [0.05, 0.1) is 6.61 Å². The molecule has 0 N–H and O–H groups in total. The van der Waals surface area contributed by atoms with Crippen LogP contribution in [0.5, 0.6) is 0 Å². The van der Waals surface area contributed by atoms with Gasteiger partial charge in [0.1, 0.15) is 0 Å². The van der Waals surface area contributed by atoms with Gasteiger partial charge < -0.3 is 4.74 Å². The minimum absolute atomic E-state index is 0.0340. The summed E-state index contributed by atoms with van der Waals surface area (Å²) in [5, 5.41) is 0. The fourth-order valence-electron chi connectivity index (χ4n) is 5.19. The minimum atomic E-state index is 0.0340. The van der Waals surface area contributed by atoms with Crippen LogP contribution in [-0.4, -0.2) is 12.6 Å². The lowest BCUT2D eigenvalue weighted by atomic mass is 9.80. The Balaban J connectivity index is 4.20. The zero-order chi connectivity index (χ0) is 25.9. The van der Waals surface area contributed by atoms with Gasteiger partial charge in [0, 0.05) is 11.8 Å². The van der Waals surface area contributed by atoms with Gasteiger partial charge in [-0.1, -0.05) is 169 Å². The van der Waals surface area contributed by atoms with Gasteiger partial charge in [0.25, 0.3) is 0 Å². The second-order valence-electron chi connectivity index (χ2n) is 11.8. The predicted octanol–water partition coefficient (Wildman–Crippen LogP) is 11.7. The number of ether oxygens (including phenoxy) is 1. The van der Waals surface area contributed by atoms with Gasteiger partial charge >= 0.3 is 5.97 Å². The minimum Gasteiger partial charge on any atom is -0.465 e. The molecule has 0 aromatic rings. The summed E-state index contributed by atoms with van der Waals surface area (Å²) in [7, 11) is 0. The summed E-state index contributed by atoms with van der Waals surface area (Å²) < 4.78 is 5.84. The van der Waals surface area contributed by atoms with Crippen molar-refractivity contribution < 1.29 is 9.53 Å². The van der Waals surface area contributed by atoms with E-state index in [1.54, 1.807) is 0 Å². The SMILES string of the molecule is CCCCCCCCCCCCC(C)(CCCCCCCCCC)COC(=O)CCCCCCC. The normalized spacial score (nSPS) is 13.1. The first kappa shape index (κ1) is 34.5. The Kier molecular flexibility index (Phi) is 26.1. The van der Waals surface area contributed by atoms with Crippen molar-refractivity contribution in [2.75, 3.05) is 6.61 Å². The highest BCUT2D eigenvalue weighted by Crippen LogP contribution is 2.32. The predicted molar refractivity (Wildman–Crippen MR) is 156 cm³/mol. The van der Waals surface area contributed by atoms with Crippen molar-refractivity contribution in [2.24, 2.45) is 5.41 Å². The Labute approximate surface area is 222 Å². The summed E-state index contributed by atoms with van der Waals surface area (Å²) in [4.78, 5) is 12.3. The average Bonchev–Trinajstić information content (AvgIpc) is 2.85. The molecule has 0 aliphatic carbocycles. The van der Waals surface area contributed by atoms with E-state index < -0.39 is 0 Å². The number of rotatable bonds is 28. The monoisotopic (exact) mass is 495 g/mol. The molecule has 0 aliphatic rings. The topological polar surface area (TPSA) is 26.3 Å². The molecule has 0 aliphatic heterocycles. The van der Waals surface area contributed by atoms with Crippen molar-refractivity contribution in [1.82, 2.24) is 0 Å². The molecule has 0 aromatic carbocycles. The molecule has 0 radical (unpaired) electrons. The maximum atomic E-state index is 12.3. The number of hydrogen-bond donors (Lipinski definition) is 0. The average molecular weight is 495 g/mol. The van der Waals surface area contributed by atoms with Crippen LogP contribution in [0.25, 0.3) is 0 Å². The molecule has 1 unspecified atom stereocenters. The fourth-order valence-corrected chi connectivity index (χ4v) is 5.19. The summed E-state index contributed by atoms with van der Waals surface area (Å²) in [5.74, 6) is 0.0340. The van der Waals surface area contributed by atoms with Gasteiger partial charge in [-0.3, -0.25) is 4.79 Å². The Morgan fingerprint density at radius 2 is 0.800 bits per heavy atom. The largest absolute Gasteiger partial charge is 0.465 e. The summed E-state index contributed by atoms with van der Waals surface area (Å²) in [6, 6.07) is 0. The smallest absolute Gasteiger partial charge is 0.305 e. The summed E-state index contributed by atoms with van der Waals surface area (Å²) in [5.41, 5.74) is 0.167. The van der Waals surface area contributed by atoms with Crippen LogP contribution in [0.1, 0.15) is 195 Å². The molecule has 2 heteroatoms. The third-order valence-corrected chi connectivity index (χ3v) is 7.83. The molecule has 35 heavy (non-hydrogen) atoms. The maximum Gasteiger partial charge on any atom is 0.305 e. The molecule has 0 saturated carbocycles. The van der Waals surface area contributed by atoms with E-state index in [4.69, 9.17) is 4.74 Å². The number of carbonyl (C=O) groups excluding carboxylic acids is 1. The molecule has 0 aromatic heterocycles. The van der Waals surface area contributed by atoms with Gasteiger partial charge in [0.15, 0.2) is 0 Å². The molecule has 2 nitrogen and oxygen atoms in total. The third kappa shape index (κ3) is 24.9. The second kappa shape index (κ2) is 26.5. The van der Waals surface area contributed by atoms with E-state index in [9.17, 15) is 4.79 Å². The first-order chi connectivity index (χ1) is 17.1. The lowest BCUT2D eigenvalue weighted by molar-refractivity contribution is -0.147. The molecular formula is C33H66O2. The van der Waals surface area contributed by atoms with E-state index in [1.165, 1.54) is 148 Å². The van der Waals surface area contributed by atoms with E-state index in [0.29, 0.717) is 13.0 Å². The van der Waals surface area contributed by atoms with E-state index >= 15 is 0 Å². The van der Waals surface area contributed by atoms with Crippen LogP contribution in [0, 0.1) is 5.41 Å². The van der Waals surface area contributed by atoms with E-state index in [-0.39, 0.29) is 11.4 Å². The molecule has 0 amide bonds. The Bertz CT molecular complexity index is 433. The standard InChI is InChI=1S/C33H66O2/c1-5-8-11-14-16-18-19-21-24-27-30-33(4,29-26-23-20-17-15-12-9-6-2)31-35-32(34)28-25-22-13-10-7-3/h5-31H2,1-4H3. The first-order valence-corrected chi connectivity index (χ1v) is 16.2. The first-order valence-electron chi connectivity index (χ1n) is 16.2. The van der Waals surface area contributed by atoms with Crippen molar-refractivity contribution in [1.29, 1.82) is 0 Å². The van der Waals surface area contributed by atoms with Crippen LogP contribution in [0.2, 0.25) is 0 Å². The number of hydrogen-bond acceptors (Lipinski definition) is 2. The van der Waals surface area contributed by atoms with E-state index in [2.05, 4.69) is 27.7 Å². The quantitative estimate of drug-likeness (QED) is 0.0798. The molecule has 0 rings (SSSR count). The van der Waals surface area contributed by atoms with Crippen molar-refractivity contribution in [2.45, 2.75) is 195 Å². The van der Waals surface area contributed by atoms with Gasteiger partial charge in [-0.25, -0.2) is 0 Å². The van der Waals surface area contributed by atoms with Gasteiger partial charge in [-0.15, -0.1) is 0 Å². The summed E-state index contributed by atoms with van der Waals surface area (Å²) in [6.45, 7) is 9.83. The van der Waals surface area contributed by atoms with Crippen molar-refractivity contribution in [3.63, 3.8) is 0 Å². The zero-order valence-corrected chi connectivity index (χ0v) is 24.9. The number of carbonyl (C=O) groups is 1. The lowest BCUT2D eigenvalue weighted by Crippen LogP contribution is -2.25. The van der Waals surface area contributed by atoms with Crippen LogP contribution >= 0.6 is 0 Å². The Morgan fingerprint density at radius 1 is 0.486 bits per heavy atom. The van der Waals surface area contributed by atoms with Crippen molar-refractivity contribution in [3.05, 3.63) is 0 Å². The van der Waals surface area contributed by atoms with Crippen LogP contribution in [0.15, 0.2) is 0 Å². The van der Waals surface area contributed by atoms with Crippen LogP contribution in [0.3, 0.4) is 0 Å². The maximum absolute atomic E-state index is 12.3. The zero-order valence-electron chi connectivity index (χ0n) is 24.9.